The normalized spacial score (nSPS) is 15.2. The monoisotopic (exact) mass is 423 g/mol. The van der Waals surface area contributed by atoms with Crippen molar-refractivity contribution < 1.29 is 9.21 Å². The third kappa shape index (κ3) is 5.11. The second kappa shape index (κ2) is 9.94. The van der Waals surface area contributed by atoms with Crippen LogP contribution in [0.25, 0.3) is 0 Å². The van der Waals surface area contributed by atoms with Crippen molar-refractivity contribution in [2.24, 2.45) is 0 Å². The summed E-state index contributed by atoms with van der Waals surface area (Å²) < 4.78 is 5.69. The quantitative estimate of drug-likeness (QED) is 0.528. The minimum absolute atomic E-state index is 0.211. The Morgan fingerprint density at radius 2 is 1.90 bits per heavy atom. The fraction of sp³-hybridized carbons (Fsp3) is 0.292. The largest absolute Gasteiger partial charge is 0.468 e. The SMILES string of the molecule is O=C(Nc1cccc(CNCC(c2ccco2)N2CCCC2)c1)c1ccccc1Cl. The molecule has 0 aliphatic carbocycles. The van der Waals surface area contributed by atoms with Gasteiger partial charge in [-0.15, -0.1) is 0 Å². The molecule has 0 saturated carbocycles. The van der Waals surface area contributed by atoms with Gasteiger partial charge in [-0.3, -0.25) is 9.69 Å². The van der Waals surface area contributed by atoms with Crippen LogP contribution < -0.4 is 10.6 Å². The zero-order valence-corrected chi connectivity index (χ0v) is 17.6. The van der Waals surface area contributed by atoms with Crippen LogP contribution in [0.3, 0.4) is 0 Å². The first-order valence-corrected chi connectivity index (χ1v) is 10.7. The molecule has 156 valence electrons. The van der Waals surface area contributed by atoms with Crippen LogP contribution in [0.15, 0.2) is 71.3 Å². The third-order valence-electron chi connectivity index (χ3n) is 5.42. The van der Waals surface area contributed by atoms with E-state index in [9.17, 15) is 4.79 Å². The van der Waals surface area contributed by atoms with Crippen molar-refractivity contribution in [2.45, 2.75) is 25.4 Å². The Labute approximate surface area is 182 Å². The number of rotatable bonds is 8. The van der Waals surface area contributed by atoms with Crippen molar-refractivity contribution >= 4 is 23.2 Å². The van der Waals surface area contributed by atoms with Crippen molar-refractivity contribution in [1.29, 1.82) is 0 Å². The average Bonchev–Trinajstić information content (AvgIpc) is 3.46. The van der Waals surface area contributed by atoms with Crippen LogP contribution in [0.2, 0.25) is 5.02 Å². The summed E-state index contributed by atoms with van der Waals surface area (Å²) in [4.78, 5) is 15.0. The number of nitrogens with one attached hydrogen (secondary N) is 2. The minimum Gasteiger partial charge on any atom is -0.468 e. The predicted molar refractivity (Wildman–Crippen MR) is 120 cm³/mol. The van der Waals surface area contributed by atoms with Crippen LogP contribution in [0.1, 0.15) is 40.6 Å². The Kier molecular flexibility index (Phi) is 6.84. The van der Waals surface area contributed by atoms with E-state index in [0.29, 0.717) is 17.1 Å². The first-order chi connectivity index (χ1) is 14.7. The summed E-state index contributed by atoms with van der Waals surface area (Å²) >= 11 is 6.13. The molecule has 4 rings (SSSR count). The van der Waals surface area contributed by atoms with Gasteiger partial charge < -0.3 is 15.1 Å². The molecule has 2 aromatic carbocycles. The van der Waals surface area contributed by atoms with Gasteiger partial charge in [0.15, 0.2) is 0 Å². The Hall–Kier alpha value is -2.60. The van der Waals surface area contributed by atoms with Crippen molar-refractivity contribution in [3.8, 4) is 0 Å². The van der Waals surface area contributed by atoms with Crippen molar-refractivity contribution in [1.82, 2.24) is 10.2 Å². The van der Waals surface area contributed by atoms with Crippen molar-refractivity contribution in [3.63, 3.8) is 0 Å². The van der Waals surface area contributed by atoms with Crippen molar-refractivity contribution in [2.75, 3.05) is 25.0 Å². The Balaban J connectivity index is 1.36. The van der Waals surface area contributed by atoms with E-state index in [1.807, 2.05) is 30.3 Å². The van der Waals surface area contributed by atoms with Crippen LogP contribution in [-0.4, -0.2) is 30.4 Å². The number of anilines is 1. The number of furan rings is 1. The van der Waals surface area contributed by atoms with E-state index in [4.69, 9.17) is 16.0 Å². The summed E-state index contributed by atoms with van der Waals surface area (Å²) in [6.45, 7) is 3.73. The molecule has 30 heavy (non-hydrogen) atoms. The first kappa shape index (κ1) is 20.7. The molecule has 1 fully saturated rings. The van der Waals surface area contributed by atoms with Crippen LogP contribution in [-0.2, 0) is 6.54 Å². The minimum atomic E-state index is -0.211. The maximum Gasteiger partial charge on any atom is 0.257 e. The van der Waals surface area contributed by atoms with Crippen LogP contribution in [0.4, 0.5) is 5.69 Å². The van der Waals surface area contributed by atoms with Gasteiger partial charge in [0.05, 0.1) is 22.9 Å². The molecule has 1 aromatic heterocycles. The molecule has 2 N–H and O–H groups in total. The first-order valence-electron chi connectivity index (χ1n) is 10.3. The van der Waals surface area contributed by atoms with Gasteiger partial charge in [-0.1, -0.05) is 35.9 Å². The van der Waals surface area contributed by atoms with Crippen LogP contribution in [0.5, 0.6) is 0 Å². The highest BCUT2D eigenvalue weighted by atomic mass is 35.5. The lowest BCUT2D eigenvalue weighted by molar-refractivity contribution is 0.102. The zero-order valence-electron chi connectivity index (χ0n) is 16.8. The van der Waals surface area contributed by atoms with E-state index < -0.39 is 0 Å². The number of likely N-dealkylation sites (tertiary alicyclic amines) is 1. The highest BCUT2D eigenvalue weighted by Crippen LogP contribution is 2.25. The zero-order chi connectivity index (χ0) is 20.8. The van der Waals surface area contributed by atoms with Gasteiger partial charge in [0.1, 0.15) is 5.76 Å². The standard InChI is InChI=1S/C24H26ClN3O2/c25-21-10-2-1-9-20(21)24(29)27-19-8-5-7-18(15-19)16-26-17-22(23-11-6-14-30-23)28-12-3-4-13-28/h1-2,5-11,14-15,22,26H,3-4,12-13,16-17H2,(H,27,29). The molecule has 0 spiro atoms. The molecule has 0 radical (unpaired) electrons. The van der Waals surface area contributed by atoms with Gasteiger partial charge in [0.2, 0.25) is 0 Å². The number of carbonyl (C=O) groups excluding carboxylic acids is 1. The average molecular weight is 424 g/mol. The highest BCUT2D eigenvalue weighted by Gasteiger charge is 2.25. The highest BCUT2D eigenvalue weighted by molar-refractivity contribution is 6.34. The molecule has 1 amide bonds. The second-order valence-electron chi connectivity index (χ2n) is 7.54. The lowest BCUT2D eigenvalue weighted by atomic mass is 10.1. The number of amides is 1. The number of carbonyl (C=O) groups is 1. The van der Waals surface area contributed by atoms with E-state index in [2.05, 4.69) is 27.7 Å². The molecule has 1 aliphatic heterocycles. The summed E-state index contributed by atoms with van der Waals surface area (Å²) in [5, 5.41) is 6.93. The van der Waals surface area contributed by atoms with E-state index in [-0.39, 0.29) is 11.9 Å². The number of halogens is 1. The predicted octanol–water partition coefficient (Wildman–Crippen LogP) is 5.11. The number of hydrogen-bond donors (Lipinski definition) is 2. The van der Waals surface area contributed by atoms with E-state index in [0.717, 1.165) is 36.6 Å². The van der Waals surface area contributed by atoms with Gasteiger partial charge in [0, 0.05) is 18.8 Å². The molecule has 1 unspecified atom stereocenters. The van der Waals surface area contributed by atoms with Gasteiger partial charge >= 0.3 is 0 Å². The Morgan fingerprint density at radius 1 is 1.07 bits per heavy atom. The molecule has 0 bridgehead atoms. The summed E-state index contributed by atoms with van der Waals surface area (Å²) in [5.74, 6) is 0.794. The lowest BCUT2D eigenvalue weighted by Gasteiger charge is -2.26. The van der Waals surface area contributed by atoms with Gasteiger partial charge in [-0.25, -0.2) is 0 Å². The van der Waals surface area contributed by atoms with Gasteiger partial charge in [0.25, 0.3) is 5.91 Å². The summed E-state index contributed by atoms with van der Waals surface area (Å²) in [7, 11) is 0. The lowest BCUT2D eigenvalue weighted by Crippen LogP contribution is -2.33. The molecule has 1 aliphatic rings. The van der Waals surface area contributed by atoms with E-state index in [1.165, 1.54) is 12.8 Å². The molecular weight excluding hydrogens is 398 g/mol. The van der Waals surface area contributed by atoms with Crippen LogP contribution >= 0.6 is 11.6 Å². The smallest absolute Gasteiger partial charge is 0.257 e. The topological polar surface area (TPSA) is 57.5 Å². The maximum atomic E-state index is 12.5. The summed E-state index contributed by atoms with van der Waals surface area (Å²) in [6, 6.07) is 19.2. The number of nitrogens with zero attached hydrogens (tertiary/aromatic N) is 1. The third-order valence-corrected chi connectivity index (χ3v) is 5.75. The summed E-state index contributed by atoms with van der Waals surface area (Å²) in [5.41, 5.74) is 2.32. The van der Waals surface area contributed by atoms with E-state index >= 15 is 0 Å². The molecular formula is C24H26ClN3O2. The Bertz CT molecular complexity index is 968. The van der Waals surface area contributed by atoms with Crippen LogP contribution in [0, 0.1) is 0 Å². The molecule has 5 nitrogen and oxygen atoms in total. The number of benzene rings is 2. The van der Waals surface area contributed by atoms with Crippen molar-refractivity contribution in [3.05, 3.63) is 88.8 Å². The molecule has 1 saturated heterocycles. The van der Waals surface area contributed by atoms with Gasteiger partial charge in [-0.05, 0) is 67.9 Å². The number of hydrogen-bond acceptors (Lipinski definition) is 4. The molecule has 3 aromatic rings. The van der Waals surface area contributed by atoms with Gasteiger partial charge in [-0.2, -0.15) is 0 Å². The second-order valence-corrected chi connectivity index (χ2v) is 7.95. The Morgan fingerprint density at radius 3 is 2.67 bits per heavy atom. The molecule has 1 atom stereocenters. The molecule has 2 heterocycles. The molecule has 6 heteroatoms. The fourth-order valence-electron chi connectivity index (χ4n) is 3.90. The van der Waals surface area contributed by atoms with E-state index in [1.54, 1.807) is 24.5 Å². The fourth-order valence-corrected chi connectivity index (χ4v) is 4.12. The summed E-state index contributed by atoms with van der Waals surface area (Å²) in [6.07, 6.45) is 4.22. The maximum absolute atomic E-state index is 12.5.